The summed E-state index contributed by atoms with van der Waals surface area (Å²) in [4.78, 5) is 23.6. The number of alkyl carbamates (subject to hydrolysis) is 1. The Labute approximate surface area is 130 Å². The van der Waals surface area contributed by atoms with Crippen LogP contribution in [0.5, 0.6) is 0 Å². The van der Waals surface area contributed by atoms with E-state index in [1.165, 1.54) is 7.05 Å². The Hall–Kier alpha value is -2.08. The molecule has 1 aromatic carbocycles. The number of nitrogens with one attached hydrogen (secondary N) is 2. The van der Waals surface area contributed by atoms with Crippen molar-refractivity contribution >= 4 is 12.0 Å². The Balaban J connectivity index is 2.82. The highest BCUT2D eigenvalue weighted by Crippen LogP contribution is 2.10. The van der Waals surface area contributed by atoms with E-state index < -0.39 is 29.7 Å². The fourth-order valence-electron chi connectivity index (χ4n) is 1.90. The van der Waals surface area contributed by atoms with E-state index in [1.54, 1.807) is 20.8 Å². The first-order chi connectivity index (χ1) is 10.2. The minimum atomic E-state index is -1.36. The van der Waals surface area contributed by atoms with Crippen LogP contribution in [0.2, 0.25) is 0 Å². The van der Waals surface area contributed by atoms with Gasteiger partial charge in [-0.2, -0.15) is 0 Å². The first-order valence-electron chi connectivity index (χ1n) is 7.16. The molecule has 0 bridgehead atoms. The first-order valence-corrected chi connectivity index (χ1v) is 7.16. The average molecular weight is 308 g/mol. The predicted molar refractivity (Wildman–Crippen MR) is 83.4 cm³/mol. The molecule has 0 aliphatic rings. The van der Waals surface area contributed by atoms with Crippen molar-refractivity contribution in [3.8, 4) is 0 Å². The molecule has 22 heavy (non-hydrogen) atoms. The summed E-state index contributed by atoms with van der Waals surface area (Å²) in [5.74, 6) is -0.558. The molecule has 2 atom stereocenters. The lowest BCUT2D eigenvalue weighted by Gasteiger charge is -2.26. The summed E-state index contributed by atoms with van der Waals surface area (Å²) in [6.07, 6.45) is -1.72. The van der Waals surface area contributed by atoms with Crippen molar-refractivity contribution < 1.29 is 19.4 Å². The average Bonchev–Trinajstić information content (AvgIpc) is 2.44. The van der Waals surface area contributed by atoms with Crippen LogP contribution < -0.4 is 10.6 Å². The van der Waals surface area contributed by atoms with Gasteiger partial charge in [-0.05, 0) is 32.8 Å². The van der Waals surface area contributed by atoms with E-state index >= 15 is 0 Å². The molecule has 0 saturated carbocycles. The van der Waals surface area contributed by atoms with E-state index in [9.17, 15) is 14.7 Å². The van der Waals surface area contributed by atoms with Crippen molar-refractivity contribution in [1.29, 1.82) is 0 Å². The van der Waals surface area contributed by atoms with E-state index in [1.807, 2.05) is 30.3 Å². The standard InChI is InChI=1S/C16H24N2O4/c1-16(2,3)22-15(21)18-12(13(19)14(20)17-4)10-11-8-6-5-7-9-11/h5-9,12-13,19H,10H2,1-4H3,(H,17,20)(H,18,21). The molecule has 0 saturated heterocycles. The molecule has 0 aliphatic carbocycles. The number of carbonyl (C=O) groups is 2. The molecule has 0 radical (unpaired) electrons. The van der Waals surface area contributed by atoms with E-state index in [4.69, 9.17) is 4.74 Å². The maximum Gasteiger partial charge on any atom is 0.407 e. The van der Waals surface area contributed by atoms with Crippen LogP contribution in [0, 0.1) is 0 Å². The number of rotatable bonds is 5. The lowest BCUT2D eigenvalue weighted by molar-refractivity contribution is -0.130. The number of aliphatic hydroxyl groups is 1. The predicted octanol–water partition coefficient (Wildman–Crippen LogP) is 1.23. The van der Waals surface area contributed by atoms with Crippen molar-refractivity contribution in [1.82, 2.24) is 10.6 Å². The molecular formula is C16H24N2O4. The van der Waals surface area contributed by atoms with Crippen LogP contribution in [0.1, 0.15) is 26.3 Å². The molecule has 0 spiro atoms. The van der Waals surface area contributed by atoms with Gasteiger partial charge in [0.15, 0.2) is 6.10 Å². The molecule has 0 fully saturated rings. The third-order valence-corrected chi connectivity index (χ3v) is 2.90. The van der Waals surface area contributed by atoms with Crippen molar-refractivity contribution in [2.24, 2.45) is 0 Å². The highest BCUT2D eigenvalue weighted by molar-refractivity contribution is 5.82. The molecule has 0 aliphatic heterocycles. The maximum atomic E-state index is 11.9. The molecule has 2 unspecified atom stereocenters. The van der Waals surface area contributed by atoms with Crippen molar-refractivity contribution in [2.75, 3.05) is 7.05 Å². The third-order valence-electron chi connectivity index (χ3n) is 2.90. The number of hydrogen-bond acceptors (Lipinski definition) is 4. The Morgan fingerprint density at radius 1 is 1.23 bits per heavy atom. The molecule has 1 aromatic rings. The molecule has 6 heteroatoms. The molecule has 1 rings (SSSR count). The van der Waals surface area contributed by atoms with Gasteiger partial charge in [0.05, 0.1) is 6.04 Å². The van der Waals surface area contributed by atoms with Gasteiger partial charge in [-0.15, -0.1) is 0 Å². The summed E-state index contributed by atoms with van der Waals surface area (Å²) < 4.78 is 5.18. The van der Waals surface area contributed by atoms with Gasteiger partial charge in [0.25, 0.3) is 5.91 Å². The summed E-state index contributed by atoms with van der Waals surface area (Å²) in [6.45, 7) is 5.23. The summed E-state index contributed by atoms with van der Waals surface area (Å²) in [7, 11) is 1.43. The molecule has 0 aromatic heterocycles. The summed E-state index contributed by atoms with van der Waals surface area (Å²) >= 11 is 0. The smallest absolute Gasteiger partial charge is 0.407 e. The summed E-state index contributed by atoms with van der Waals surface area (Å²) in [5.41, 5.74) is 0.241. The van der Waals surface area contributed by atoms with Crippen molar-refractivity contribution in [3.63, 3.8) is 0 Å². The quantitative estimate of drug-likeness (QED) is 0.763. The maximum absolute atomic E-state index is 11.9. The Morgan fingerprint density at radius 2 is 1.82 bits per heavy atom. The van der Waals surface area contributed by atoms with Gasteiger partial charge in [0, 0.05) is 7.05 Å². The molecule has 2 amide bonds. The topological polar surface area (TPSA) is 87.7 Å². The first kappa shape index (κ1) is 18.0. The number of benzene rings is 1. The molecule has 6 nitrogen and oxygen atoms in total. The normalized spacial score (nSPS) is 13.9. The van der Waals surface area contributed by atoms with Crippen LogP contribution in [0.4, 0.5) is 4.79 Å². The van der Waals surface area contributed by atoms with Crippen LogP contribution in [0.15, 0.2) is 30.3 Å². The second kappa shape index (κ2) is 7.79. The van der Waals surface area contributed by atoms with E-state index in [-0.39, 0.29) is 0 Å². The number of ether oxygens (including phenoxy) is 1. The van der Waals surface area contributed by atoms with Gasteiger partial charge in [-0.25, -0.2) is 4.79 Å². The summed E-state index contributed by atoms with van der Waals surface area (Å²) in [6, 6.07) is 8.52. The fraction of sp³-hybridized carbons (Fsp3) is 0.500. The molecule has 0 heterocycles. The van der Waals surface area contributed by atoms with Crippen LogP contribution in [0.25, 0.3) is 0 Å². The highest BCUT2D eigenvalue weighted by atomic mass is 16.6. The van der Waals surface area contributed by atoms with Gasteiger partial charge < -0.3 is 20.5 Å². The van der Waals surface area contributed by atoms with E-state index in [0.717, 1.165) is 5.56 Å². The minimum Gasteiger partial charge on any atom is -0.444 e. The van der Waals surface area contributed by atoms with Gasteiger partial charge in [-0.1, -0.05) is 30.3 Å². The second-order valence-electron chi connectivity index (χ2n) is 6.00. The number of likely N-dealkylation sites (N-methyl/N-ethyl adjacent to an activating group) is 1. The Morgan fingerprint density at radius 3 is 2.32 bits per heavy atom. The number of carbonyl (C=O) groups excluding carboxylic acids is 2. The Kier molecular flexibility index (Phi) is 6.37. The molecule has 3 N–H and O–H groups in total. The van der Waals surface area contributed by atoms with Gasteiger partial charge >= 0.3 is 6.09 Å². The van der Waals surface area contributed by atoms with Crippen LogP contribution in [-0.4, -0.2) is 41.9 Å². The molecule has 122 valence electrons. The number of hydrogen-bond donors (Lipinski definition) is 3. The number of aliphatic hydroxyl groups excluding tert-OH is 1. The van der Waals surface area contributed by atoms with Gasteiger partial charge in [-0.3, -0.25) is 4.79 Å². The highest BCUT2D eigenvalue weighted by Gasteiger charge is 2.29. The lowest BCUT2D eigenvalue weighted by Crippen LogP contribution is -2.52. The third kappa shape index (κ3) is 6.13. The van der Waals surface area contributed by atoms with E-state index in [0.29, 0.717) is 6.42 Å². The molecular weight excluding hydrogens is 284 g/mol. The van der Waals surface area contributed by atoms with Crippen LogP contribution in [-0.2, 0) is 16.0 Å². The number of amides is 2. The zero-order valence-electron chi connectivity index (χ0n) is 13.4. The van der Waals surface area contributed by atoms with E-state index in [2.05, 4.69) is 10.6 Å². The lowest BCUT2D eigenvalue weighted by atomic mass is 10.0. The monoisotopic (exact) mass is 308 g/mol. The Bertz CT molecular complexity index is 497. The summed E-state index contributed by atoms with van der Waals surface area (Å²) in [5, 5.41) is 15.0. The van der Waals surface area contributed by atoms with Crippen molar-refractivity contribution in [3.05, 3.63) is 35.9 Å². The second-order valence-corrected chi connectivity index (χ2v) is 6.00. The minimum absolute atomic E-state index is 0.314. The SMILES string of the molecule is CNC(=O)C(O)C(Cc1ccccc1)NC(=O)OC(C)(C)C. The van der Waals surface area contributed by atoms with Gasteiger partial charge in [0.2, 0.25) is 0 Å². The van der Waals surface area contributed by atoms with Crippen molar-refractivity contribution in [2.45, 2.75) is 44.9 Å². The van der Waals surface area contributed by atoms with Crippen LogP contribution in [0.3, 0.4) is 0 Å². The zero-order valence-corrected chi connectivity index (χ0v) is 13.4. The van der Waals surface area contributed by atoms with Gasteiger partial charge in [0.1, 0.15) is 5.60 Å². The zero-order chi connectivity index (χ0) is 16.8. The largest absolute Gasteiger partial charge is 0.444 e. The van der Waals surface area contributed by atoms with Crippen LogP contribution >= 0.6 is 0 Å². The fourth-order valence-corrected chi connectivity index (χ4v) is 1.90.